The van der Waals surface area contributed by atoms with Crippen LogP contribution >= 0.6 is 0 Å². The molecule has 0 N–H and O–H groups in total. The minimum Gasteiger partial charge on any atom is -0.0622 e. The van der Waals surface area contributed by atoms with Crippen molar-refractivity contribution in [2.75, 3.05) is 0 Å². The summed E-state index contributed by atoms with van der Waals surface area (Å²) in [4.78, 5) is 0. The summed E-state index contributed by atoms with van der Waals surface area (Å²) in [5.41, 5.74) is 7.63. The summed E-state index contributed by atoms with van der Waals surface area (Å²) >= 11 is 0. The highest BCUT2D eigenvalue weighted by molar-refractivity contribution is 6.26. The van der Waals surface area contributed by atoms with E-state index in [1.54, 1.807) is 0 Å². The van der Waals surface area contributed by atoms with Gasteiger partial charge in [0.1, 0.15) is 0 Å². The molecule has 9 aromatic carbocycles. The first-order chi connectivity index (χ1) is 21.8. The standard InChI is InChI=1S/C44H28/c1-2-14-30(15-3-1)43-37-20-8-10-22-39(37)44(40-23-11-9-21-38(40)43)42-28-32-26-25-31(27-41(32)35-18-6-7-19-36(35)42)34-24-12-16-29-13-4-5-17-33(29)34/h1-28H. The molecule has 0 aliphatic carbocycles. The van der Waals surface area contributed by atoms with E-state index in [1.165, 1.54) is 87.2 Å². The molecule has 0 aliphatic rings. The minimum absolute atomic E-state index is 1.25. The van der Waals surface area contributed by atoms with Gasteiger partial charge in [0.05, 0.1) is 0 Å². The minimum atomic E-state index is 1.25. The summed E-state index contributed by atoms with van der Waals surface area (Å²) in [6, 6.07) is 62.3. The number of rotatable bonds is 3. The van der Waals surface area contributed by atoms with Crippen molar-refractivity contribution in [2.24, 2.45) is 0 Å². The largest absolute Gasteiger partial charge is 0.0622 e. The third-order valence-electron chi connectivity index (χ3n) is 9.22. The van der Waals surface area contributed by atoms with Gasteiger partial charge in [-0.1, -0.05) is 158 Å². The van der Waals surface area contributed by atoms with Gasteiger partial charge in [0.15, 0.2) is 0 Å². The predicted octanol–water partition coefficient (Wildman–Crippen LogP) is 12.5. The Kier molecular flexibility index (Phi) is 5.61. The molecular formula is C44H28. The molecule has 0 fully saturated rings. The molecule has 0 nitrogen and oxygen atoms in total. The first-order valence-corrected chi connectivity index (χ1v) is 15.3. The zero-order valence-electron chi connectivity index (χ0n) is 24.2. The van der Waals surface area contributed by atoms with Crippen molar-refractivity contribution < 1.29 is 0 Å². The summed E-state index contributed by atoms with van der Waals surface area (Å²) in [5, 5.41) is 12.8. The van der Waals surface area contributed by atoms with Crippen LogP contribution in [0.25, 0.3) is 87.2 Å². The van der Waals surface area contributed by atoms with Gasteiger partial charge in [-0.05, 0) is 99.4 Å². The molecule has 9 aromatic rings. The average molecular weight is 557 g/mol. The van der Waals surface area contributed by atoms with Gasteiger partial charge >= 0.3 is 0 Å². The highest BCUT2D eigenvalue weighted by Crippen LogP contribution is 2.46. The van der Waals surface area contributed by atoms with Gasteiger partial charge in [-0.3, -0.25) is 0 Å². The zero-order valence-corrected chi connectivity index (χ0v) is 24.2. The number of fused-ring (bicyclic) bond motifs is 6. The molecule has 0 saturated heterocycles. The van der Waals surface area contributed by atoms with E-state index in [-0.39, 0.29) is 0 Å². The maximum absolute atomic E-state index is 2.42. The molecule has 0 heterocycles. The van der Waals surface area contributed by atoms with Crippen molar-refractivity contribution >= 4 is 53.9 Å². The van der Waals surface area contributed by atoms with E-state index < -0.39 is 0 Å². The molecule has 0 aromatic heterocycles. The smallest absolute Gasteiger partial charge is 0.00199 e. The van der Waals surface area contributed by atoms with Crippen molar-refractivity contribution in [1.82, 2.24) is 0 Å². The first-order valence-electron chi connectivity index (χ1n) is 15.3. The Morgan fingerprint density at radius 3 is 1.48 bits per heavy atom. The van der Waals surface area contributed by atoms with Crippen LogP contribution in [0.3, 0.4) is 0 Å². The number of benzene rings is 9. The second-order valence-corrected chi connectivity index (χ2v) is 11.6. The molecule has 44 heavy (non-hydrogen) atoms. The van der Waals surface area contributed by atoms with Gasteiger partial charge in [0, 0.05) is 0 Å². The Hall–Kier alpha value is -5.72. The average Bonchev–Trinajstić information content (AvgIpc) is 3.10. The molecular weight excluding hydrogens is 528 g/mol. The molecule has 0 spiro atoms. The summed E-state index contributed by atoms with van der Waals surface area (Å²) in [6.07, 6.45) is 0. The van der Waals surface area contributed by atoms with Gasteiger partial charge in [-0.2, -0.15) is 0 Å². The Labute approximate surface area is 256 Å². The second kappa shape index (κ2) is 9.93. The summed E-state index contributed by atoms with van der Waals surface area (Å²) < 4.78 is 0. The van der Waals surface area contributed by atoms with Crippen LogP contribution < -0.4 is 0 Å². The van der Waals surface area contributed by atoms with Crippen LogP contribution in [-0.2, 0) is 0 Å². The quantitative estimate of drug-likeness (QED) is 0.150. The SMILES string of the molecule is c1ccc(-c2c3ccccc3c(-c3cc4ccc(-c5cccc6ccccc56)cc4c4ccccc34)c3ccccc23)cc1. The second-order valence-electron chi connectivity index (χ2n) is 11.6. The van der Waals surface area contributed by atoms with Gasteiger partial charge < -0.3 is 0 Å². The van der Waals surface area contributed by atoms with Crippen molar-refractivity contribution in [2.45, 2.75) is 0 Å². The fourth-order valence-electron chi connectivity index (χ4n) is 7.29. The maximum atomic E-state index is 2.42. The van der Waals surface area contributed by atoms with E-state index in [0.29, 0.717) is 0 Å². The van der Waals surface area contributed by atoms with Crippen molar-refractivity contribution in [3.05, 3.63) is 170 Å². The first kappa shape index (κ1) is 24.8. The van der Waals surface area contributed by atoms with E-state index >= 15 is 0 Å². The van der Waals surface area contributed by atoms with Gasteiger partial charge in [-0.25, -0.2) is 0 Å². The van der Waals surface area contributed by atoms with E-state index in [9.17, 15) is 0 Å². The normalized spacial score (nSPS) is 11.6. The fourth-order valence-corrected chi connectivity index (χ4v) is 7.29. The molecule has 204 valence electrons. The Balaban J connectivity index is 1.37. The van der Waals surface area contributed by atoms with Crippen LogP contribution in [0.4, 0.5) is 0 Å². The lowest BCUT2D eigenvalue weighted by Gasteiger charge is -2.20. The molecule has 0 bridgehead atoms. The van der Waals surface area contributed by atoms with Crippen molar-refractivity contribution in [3.8, 4) is 33.4 Å². The lowest BCUT2D eigenvalue weighted by atomic mass is 9.83. The van der Waals surface area contributed by atoms with E-state index in [4.69, 9.17) is 0 Å². The van der Waals surface area contributed by atoms with Gasteiger partial charge in [0.25, 0.3) is 0 Å². The van der Waals surface area contributed by atoms with Gasteiger partial charge in [-0.15, -0.1) is 0 Å². The maximum Gasteiger partial charge on any atom is -0.00199 e. The predicted molar refractivity (Wildman–Crippen MR) is 190 cm³/mol. The molecule has 9 rings (SSSR count). The van der Waals surface area contributed by atoms with Gasteiger partial charge in [0.2, 0.25) is 0 Å². The van der Waals surface area contributed by atoms with Crippen LogP contribution in [0.1, 0.15) is 0 Å². The van der Waals surface area contributed by atoms with Crippen LogP contribution in [0, 0.1) is 0 Å². The molecule has 0 aliphatic heterocycles. The summed E-state index contributed by atoms with van der Waals surface area (Å²) in [5.74, 6) is 0. The van der Waals surface area contributed by atoms with Crippen molar-refractivity contribution in [3.63, 3.8) is 0 Å². The lowest BCUT2D eigenvalue weighted by molar-refractivity contribution is 1.66. The molecule has 0 saturated carbocycles. The third kappa shape index (κ3) is 3.78. The van der Waals surface area contributed by atoms with E-state index in [1.807, 2.05) is 0 Å². The summed E-state index contributed by atoms with van der Waals surface area (Å²) in [7, 11) is 0. The molecule has 0 amide bonds. The van der Waals surface area contributed by atoms with E-state index in [0.717, 1.165) is 0 Å². The number of hydrogen-bond acceptors (Lipinski definition) is 0. The van der Waals surface area contributed by atoms with Crippen LogP contribution in [0.5, 0.6) is 0 Å². The fraction of sp³-hybridized carbons (Fsp3) is 0. The molecule has 0 heteroatoms. The molecule has 0 radical (unpaired) electrons. The Morgan fingerprint density at radius 1 is 0.227 bits per heavy atom. The third-order valence-corrected chi connectivity index (χ3v) is 9.22. The molecule has 0 unspecified atom stereocenters. The van der Waals surface area contributed by atoms with Crippen LogP contribution in [0.15, 0.2) is 170 Å². The van der Waals surface area contributed by atoms with Crippen LogP contribution in [-0.4, -0.2) is 0 Å². The Morgan fingerprint density at radius 2 is 0.773 bits per heavy atom. The van der Waals surface area contributed by atoms with Crippen LogP contribution in [0.2, 0.25) is 0 Å². The topological polar surface area (TPSA) is 0 Å². The zero-order chi connectivity index (χ0) is 29.0. The van der Waals surface area contributed by atoms with Crippen molar-refractivity contribution in [1.29, 1.82) is 0 Å². The summed E-state index contributed by atoms with van der Waals surface area (Å²) in [6.45, 7) is 0. The monoisotopic (exact) mass is 556 g/mol. The lowest BCUT2D eigenvalue weighted by Crippen LogP contribution is -1.92. The molecule has 0 atom stereocenters. The van der Waals surface area contributed by atoms with E-state index in [2.05, 4.69) is 170 Å². The Bertz CT molecular complexity index is 2470. The highest BCUT2D eigenvalue weighted by atomic mass is 14.2. The highest BCUT2D eigenvalue weighted by Gasteiger charge is 2.19. The number of hydrogen-bond donors (Lipinski definition) is 0.